The Labute approximate surface area is 120 Å². The van der Waals surface area contributed by atoms with Gasteiger partial charge in [0.05, 0.1) is 0 Å². The number of nitrogens with one attached hydrogen (secondary N) is 2. The van der Waals surface area contributed by atoms with Crippen molar-refractivity contribution >= 4 is 27.7 Å². The molecule has 0 spiro atoms. The Morgan fingerprint density at radius 1 is 1.37 bits per heavy atom. The summed E-state index contributed by atoms with van der Waals surface area (Å²) in [5.41, 5.74) is 0.380. The first kappa shape index (κ1) is 14.0. The summed E-state index contributed by atoms with van der Waals surface area (Å²) in [5.74, 6) is -0.145. The number of halogens is 1. The molecule has 102 valence electrons. The molecule has 1 aromatic heterocycles. The van der Waals surface area contributed by atoms with Crippen LogP contribution in [-0.2, 0) is 4.79 Å². The number of aromatic nitrogens is 1. The number of pyridine rings is 1. The minimum Gasteiger partial charge on any atom is -0.353 e. The van der Waals surface area contributed by atoms with Gasteiger partial charge in [0.25, 0.3) is 5.91 Å². The average Bonchev–Trinajstić information content (AvgIpc) is 3.19. The fourth-order valence-electron chi connectivity index (χ4n) is 1.58. The first-order valence-corrected chi connectivity index (χ1v) is 7.13. The summed E-state index contributed by atoms with van der Waals surface area (Å²) < 4.78 is 0.834. The summed E-state index contributed by atoms with van der Waals surface area (Å²) >= 11 is 3.26. The number of hydrogen-bond acceptors (Lipinski definition) is 3. The number of nitrogens with zero attached hydrogens (tertiary/aromatic N) is 1. The van der Waals surface area contributed by atoms with E-state index in [4.69, 9.17) is 0 Å². The van der Waals surface area contributed by atoms with Gasteiger partial charge in [0.15, 0.2) is 0 Å². The molecule has 1 aliphatic carbocycles. The van der Waals surface area contributed by atoms with Gasteiger partial charge in [0.1, 0.15) is 5.69 Å². The third-order valence-electron chi connectivity index (χ3n) is 2.77. The number of carbonyl (C=O) groups is 2. The van der Waals surface area contributed by atoms with E-state index in [-0.39, 0.29) is 11.8 Å². The minimum atomic E-state index is -0.213. The predicted molar refractivity (Wildman–Crippen MR) is 74.7 cm³/mol. The second-order valence-corrected chi connectivity index (χ2v) is 5.48. The highest BCUT2D eigenvalue weighted by atomic mass is 79.9. The van der Waals surface area contributed by atoms with E-state index in [1.54, 1.807) is 18.3 Å². The van der Waals surface area contributed by atoms with E-state index in [9.17, 15) is 9.59 Å². The van der Waals surface area contributed by atoms with Gasteiger partial charge in [0.2, 0.25) is 5.91 Å². The molecule has 1 saturated carbocycles. The van der Waals surface area contributed by atoms with Crippen molar-refractivity contribution in [1.29, 1.82) is 0 Å². The third-order valence-corrected chi connectivity index (χ3v) is 3.24. The summed E-state index contributed by atoms with van der Waals surface area (Å²) in [4.78, 5) is 27.1. The molecule has 2 N–H and O–H groups in total. The van der Waals surface area contributed by atoms with E-state index >= 15 is 0 Å². The van der Waals surface area contributed by atoms with E-state index in [0.29, 0.717) is 31.1 Å². The number of hydrogen-bond donors (Lipinski definition) is 2. The van der Waals surface area contributed by atoms with Crippen LogP contribution in [0.5, 0.6) is 0 Å². The zero-order chi connectivity index (χ0) is 13.7. The van der Waals surface area contributed by atoms with Crippen molar-refractivity contribution in [3.63, 3.8) is 0 Å². The molecule has 1 aromatic rings. The van der Waals surface area contributed by atoms with Crippen LogP contribution in [0.25, 0.3) is 0 Å². The molecule has 19 heavy (non-hydrogen) atoms. The predicted octanol–water partition coefficient (Wildman–Crippen LogP) is 1.63. The Bertz CT molecular complexity index is 457. The summed E-state index contributed by atoms with van der Waals surface area (Å²) in [5, 5.41) is 5.66. The van der Waals surface area contributed by atoms with Crippen molar-refractivity contribution < 1.29 is 9.59 Å². The second-order valence-electron chi connectivity index (χ2n) is 4.56. The quantitative estimate of drug-likeness (QED) is 0.781. The molecule has 2 rings (SSSR count). The van der Waals surface area contributed by atoms with Gasteiger partial charge < -0.3 is 10.6 Å². The van der Waals surface area contributed by atoms with Crippen LogP contribution in [0, 0.1) is 0 Å². The summed E-state index contributed by atoms with van der Waals surface area (Å²) in [7, 11) is 0. The summed E-state index contributed by atoms with van der Waals surface area (Å²) in [6.45, 7) is 0.481. The lowest BCUT2D eigenvalue weighted by Gasteiger charge is -2.05. The molecular formula is C13H16BrN3O2. The van der Waals surface area contributed by atoms with Gasteiger partial charge in [-0.3, -0.25) is 9.59 Å². The Morgan fingerprint density at radius 3 is 2.79 bits per heavy atom. The van der Waals surface area contributed by atoms with Crippen LogP contribution in [0.15, 0.2) is 22.8 Å². The normalized spacial score (nSPS) is 13.9. The van der Waals surface area contributed by atoms with Crippen LogP contribution in [0.4, 0.5) is 0 Å². The third kappa shape index (κ3) is 4.98. The molecule has 0 unspecified atom stereocenters. The first-order valence-electron chi connectivity index (χ1n) is 6.34. The molecule has 0 aliphatic heterocycles. The van der Waals surface area contributed by atoms with E-state index < -0.39 is 0 Å². The van der Waals surface area contributed by atoms with Crippen molar-refractivity contribution in [3.8, 4) is 0 Å². The molecule has 0 bridgehead atoms. The number of amides is 2. The lowest BCUT2D eigenvalue weighted by molar-refractivity contribution is -0.121. The van der Waals surface area contributed by atoms with Gasteiger partial charge >= 0.3 is 0 Å². The Kier molecular flexibility index (Phi) is 4.90. The standard InChI is InChI=1S/C13H16BrN3O2/c14-9-3-6-11(16-8-9)13(19)15-7-1-2-12(18)17-10-4-5-10/h3,6,8,10H,1-2,4-5,7H2,(H,15,19)(H,17,18). The van der Waals surface area contributed by atoms with Crippen molar-refractivity contribution in [1.82, 2.24) is 15.6 Å². The lowest BCUT2D eigenvalue weighted by atomic mass is 10.2. The van der Waals surface area contributed by atoms with Gasteiger partial charge in [0, 0.05) is 29.7 Å². The van der Waals surface area contributed by atoms with Crippen LogP contribution in [0.3, 0.4) is 0 Å². The second kappa shape index (κ2) is 6.65. The van der Waals surface area contributed by atoms with Crippen molar-refractivity contribution in [3.05, 3.63) is 28.5 Å². The molecule has 0 radical (unpaired) electrons. The number of carbonyl (C=O) groups excluding carboxylic acids is 2. The van der Waals surface area contributed by atoms with Crippen molar-refractivity contribution in [2.45, 2.75) is 31.7 Å². The first-order chi connectivity index (χ1) is 9.15. The molecule has 6 heteroatoms. The maximum Gasteiger partial charge on any atom is 0.269 e. The lowest BCUT2D eigenvalue weighted by Crippen LogP contribution is -2.28. The topological polar surface area (TPSA) is 71.1 Å². The van der Waals surface area contributed by atoms with Crippen LogP contribution in [-0.4, -0.2) is 29.4 Å². The highest BCUT2D eigenvalue weighted by Gasteiger charge is 2.22. The van der Waals surface area contributed by atoms with E-state index in [2.05, 4.69) is 31.5 Å². The smallest absolute Gasteiger partial charge is 0.269 e. The molecule has 1 aliphatic rings. The van der Waals surface area contributed by atoms with Gasteiger partial charge in [-0.15, -0.1) is 0 Å². The van der Waals surface area contributed by atoms with E-state index in [1.807, 2.05) is 0 Å². The van der Waals surface area contributed by atoms with Gasteiger partial charge in [-0.05, 0) is 47.3 Å². The highest BCUT2D eigenvalue weighted by molar-refractivity contribution is 9.10. The maximum atomic E-state index is 11.7. The SMILES string of the molecule is O=C(CCCNC(=O)c1ccc(Br)cn1)NC1CC1. The number of rotatable bonds is 6. The van der Waals surface area contributed by atoms with Crippen LogP contribution in [0.2, 0.25) is 0 Å². The molecule has 2 amide bonds. The van der Waals surface area contributed by atoms with Gasteiger partial charge in [-0.1, -0.05) is 0 Å². The molecular weight excluding hydrogens is 310 g/mol. The average molecular weight is 326 g/mol. The Morgan fingerprint density at radius 2 is 2.16 bits per heavy atom. The highest BCUT2D eigenvalue weighted by Crippen LogP contribution is 2.18. The molecule has 5 nitrogen and oxygen atoms in total. The largest absolute Gasteiger partial charge is 0.353 e. The van der Waals surface area contributed by atoms with Gasteiger partial charge in [-0.2, -0.15) is 0 Å². The van der Waals surface area contributed by atoms with E-state index in [1.165, 1.54) is 0 Å². The van der Waals surface area contributed by atoms with E-state index in [0.717, 1.165) is 17.3 Å². The molecule has 1 fully saturated rings. The molecule has 0 atom stereocenters. The van der Waals surface area contributed by atoms with Gasteiger partial charge in [-0.25, -0.2) is 4.98 Å². The maximum absolute atomic E-state index is 11.7. The van der Waals surface area contributed by atoms with Crippen LogP contribution >= 0.6 is 15.9 Å². The summed E-state index contributed by atoms with van der Waals surface area (Å²) in [6, 6.07) is 3.82. The zero-order valence-electron chi connectivity index (χ0n) is 10.5. The van der Waals surface area contributed by atoms with Crippen molar-refractivity contribution in [2.75, 3.05) is 6.54 Å². The Balaban J connectivity index is 1.63. The fraction of sp³-hybridized carbons (Fsp3) is 0.462. The van der Waals surface area contributed by atoms with Crippen LogP contribution in [0.1, 0.15) is 36.2 Å². The molecule has 0 saturated heterocycles. The summed E-state index contributed by atoms with van der Waals surface area (Å²) in [6.07, 6.45) is 4.86. The van der Waals surface area contributed by atoms with Crippen molar-refractivity contribution in [2.24, 2.45) is 0 Å². The molecule has 0 aromatic carbocycles. The minimum absolute atomic E-state index is 0.0681. The Hall–Kier alpha value is -1.43. The van der Waals surface area contributed by atoms with Crippen LogP contribution < -0.4 is 10.6 Å². The fourth-order valence-corrected chi connectivity index (χ4v) is 1.81. The molecule has 1 heterocycles. The monoisotopic (exact) mass is 325 g/mol. The zero-order valence-corrected chi connectivity index (χ0v) is 12.1.